The molecule has 7 aromatic rings. The quantitative estimate of drug-likeness (QED) is 0.0224. The van der Waals surface area contributed by atoms with Gasteiger partial charge in [-0.25, -0.2) is 0 Å². The molecule has 9 nitrogen and oxygen atoms in total. The average molecular weight is 1530 g/mol. The number of nitro groups is 1. The number of nitrogens with one attached hydrogen (secondary N) is 4. The number of para-hydroxylation sites is 4. The van der Waals surface area contributed by atoms with Gasteiger partial charge in [-0.05, 0) is 135 Å². The van der Waals surface area contributed by atoms with Crippen molar-refractivity contribution in [3.05, 3.63) is 209 Å². The van der Waals surface area contributed by atoms with Crippen LogP contribution in [-0.2, 0) is 25.8 Å². The number of halogens is 3. The van der Waals surface area contributed by atoms with Crippen molar-refractivity contribution in [2.24, 2.45) is 0 Å². The lowest BCUT2D eigenvalue weighted by Gasteiger charge is -2.10. The molecule has 0 saturated heterocycles. The van der Waals surface area contributed by atoms with E-state index in [-0.39, 0.29) is 36.0 Å². The summed E-state index contributed by atoms with van der Waals surface area (Å²) in [6, 6.07) is 46.2. The first-order chi connectivity index (χ1) is 43.3. The Bertz CT molecular complexity index is 2200. The van der Waals surface area contributed by atoms with Gasteiger partial charge in [0.2, 0.25) is 0 Å². The van der Waals surface area contributed by atoms with E-state index in [2.05, 4.69) is 200 Å². The van der Waals surface area contributed by atoms with Gasteiger partial charge >= 0.3 is 0 Å². The molecule has 0 spiro atoms. The number of hydrogen-bond donors (Lipinski definition) is 4. The molecule has 0 unspecified atom stereocenters. The second-order valence-corrected chi connectivity index (χ2v) is 16.8. The smallest absolute Gasteiger partial charge is 0.272 e. The fourth-order valence-electron chi connectivity index (χ4n) is 6.15. The number of benzene rings is 4. The van der Waals surface area contributed by atoms with Gasteiger partial charge in [0, 0.05) is 98.3 Å². The molecule has 0 saturated carbocycles. The molecular weight excluding hydrogens is 1390 g/mol. The van der Waals surface area contributed by atoms with Crippen molar-refractivity contribution in [1.82, 2.24) is 14.5 Å². The number of hydrogen-bond acceptors (Lipinski definition) is 6. The van der Waals surface area contributed by atoms with Crippen molar-refractivity contribution in [3.8, 4) is 0 Å². The van der Waals surface area contributed by atoms with Crippen LogP contribution in [0.3, 0.4) is 0 Å². The molecule has 12 heteroatoms. The Kier molecular flexibility index (Phi) is 125. The topological polar surface area (TPSA) is 113 Å². The standard InChI is InChI=1S/C15H18N2.C15H20N2.C11H16BrN.C7H7NO2.C4H5N.C3H7I.11C2H6.HI.H2/c1-13-7-2-3-10-15(13)17-12-6-9-14-8-4-5-11-16-14;1-2-14-8-3-4-9-15(14)16-10-7-13-17-11-5-6-12-17;1-2-10-6-3-4-7-11(10)13-9-5-8-12;1-6-4-2-3-5-7(6)8(9)10;1-2-4-5-3-1;1-2-3-4;11*1-2;;/h2-5,7-8,10-11,17H,6,9,12H2,1H3;3-6,8-9,11-12,16H,2,7,10,13H2,1H3;3-4,6-7,13H,2,5,8-9H2,1H3;2-5H,1H3;1-5H;2-3H2,1H3;11*1-2H3;2*1H. The highest BCUT2D eigenvalue weighted by Gasteiger charge is 2.06. The van der Waals surface area contributed by atoms with Gasteiger partial charge in [-0.2, -0.15) is 0 Å². The summed E-state index contributed by atoms with van der Waals surface area (Å²) in [6.45, 7) is 58.5. The number of anilines is 3. The largest absolute Gasteiger partial charge is 0.385 e. The normalized spacial score (nSPS) is 7.97. The van der Waals surface area contributed by atoms with E-state index in [9.17, 15) is 10.1 Å². The van der Waals surface area contributed by atoms with Crippen LogP contribution in [0.4, 0.5) is 22.7 Å². The van der Waals surface area contributed by atoms with Crippen LogP contribution in [-0.4, -0.2) is 48.9 Å². The number of aromatic nitrogens is 3. The molecule has 4 aromatic carbocycles. The molecule has 0 radical (unpaired) electrons. The van der Waals surface area contributed by atoms with Crippen LogP contribution < -0.4 is 16.0 Å². The first-order valence-corrected chi connectivity index (χ1v) is 36.8. The molecule has 0 aliphatic rings. The van der Waals surface area contributed by atoms with Gasteiger partial charge in [0.15, 0.2) is 0 Å². The van der Waals surface area contributed by atoms with E-state index in [4.69, 9.17) is 0 Å². The summed E-state index contributed by atoms with van der Waals surface area (Å²) >= 11 is 5.77. The number of nitrogens with zero attached hydrogens (tertiary/aromatic N) is 3. The summed E-state index contributed by atoms with van der Waals surface area (Å²) in [5.74, 6) is 0. The van der Waals surface area contributed by atoms with E-state index in [1.54, 1.807) is 25.1 Å². The zero-order valence-electron chi connectivity index (χ0n) is 62.2. The monoisotopic (exact) mass is 1530 g/mol. The molecule has 89 heavy (non-hydrogen) atoms. The third-order valence-corrected chi connectivity index (χ3v) is 11.4. The molecule has 3 aromatic heterocycles. The maximum Gasteiger partial charge on any atom is 0.272 e. The lowest BCUT2D eigenvalue weighted by atomic mass is 10.1. The average Bonchev–Trinajstić information content (AvgIpc) is 4.51. The Labute approximate surface area is 593 Å². The lowest BCUT2D eigenvalue weighted by Crippen LogP contribution is -2.07. The minimum Gasteiger partial charge on any atom is -0.385 e. The molecule has 0 aliphatic heterocycles. The summed E-state index contributed by atoms with van der Waals surface area (Å²) in [6.07, 6.45) is 17.7. The SMILES string of the molecule is CC.CC.CC.CC.CC.CC.CC.CC.CC.CC.CC.CCCI.CCc1ccccc1NCCCBr.CCc1ccccc1NCCCn1cccc1.Cc1ccccc1NCCCc1ccccn1.Cc1ccccc1[N+](=O)[O-].I.[HH].c1cc[nH]c1. The van der Waals surface area contributed by atoms with Crippen molar-refractivity contribution >= 4 is 85.2 Å². The second-order valence-electron chi connectivity index (χ2n) is 15.0. The zero-order valence-corrected chi connectivity index (χ0v) is 68.3. The van der Waals surface area contributed by atoms with Crippen molar-refractivity contribution in [2.45, 2.75) is 238 Å². The highest BCUT2D eigenvalue weighted by Crippen LogP contribution is 2.17. The molecular formula is C77H142BrI2N7O2. The summed E-state index contributed by atoms with van der Waals surface area (Å²) in [5, 5.41) is 21.7. The minimum absolute atomic E-state index is 0. The zero-order chi connectivity index (χ0) is 69.9. The number of aryl methyl sites for hydroxylation is 6. The van der Waals surface area contributed by atoms with Gasteiger partial charge in [-0.15, -0.1) is 24.0 Å². The number of rotatable bonds is 18. The second kappa shape index (κ2) is 102. The van der Waals surface area contributed by atoms with Crippen LogP contribution in [0.2, 0.25) is 0 Å². The van der Waals surface area contributed by atoms with Crippen LogP contribution in [0, 0.1) is 24.0 Å². The molecule has 4 N–H and O–H groups in total. The predicted octanol–water partition coefficient (Wildman–Crippen LogP) is 27.3. The number of alkyl halides is 2. The first kappa shape index (κ1) is 109. The van der Waals surface area contributed by atoms with E-state index < -0.39 is 0 Å². The summed E-state index contributed by atoms with van der Waals surface area (Å²) < 4.78 is 3.51. The van der Waals surface area contributed by atoms with Crippen LogP contribution in [0.1, 0.15) is 228 Å². The molecule has 3 heterocycles. The van der Waals surface area contributed by atoms with E-state index >= 15 is 0 Å². The highest BCUT2D eigenvalue weighted by molar-refractivity contribution is 14.1. The molecule has 0 aliphatic carbocycles. The third kappa shape index (κ3) is 72.3. The minimum atomic E-state index is -0.380. The van der Waals surface area contributed by atoms with Gasteiger partial charge < -0.3 is 25.5 Å². The maximum atomic E-state index is 10.2. The first-order valence-electron chi connectivity index (χ1n) is 34.1. The summed E-state index contributed by atoms with van der Waals surface area (Å²) in [5.41, 5.74) is 9.94. The van der Waals surface area contributed by atoms with Gasteiger partial charge in [-0.3, -0.25) is 15.1 Å². The van der Waals surface area contributed by atoms with Gasteiger partial charge in [0.05, 0.1) is 4.92 Å². The lowest BCUT2D eigenvalue weighted by molar-refractivity contribution is -0.385. The third-order valence-electron chi connectivity index (χ3n) is 9.79. The van der Waals surface area contributed by atoms with Crippen LogP contribution >= 0.6 is 62.5 Å². The fourth-order valence-corrected chi connectivity index (χ4v) is 6.43. The van der Waals surface area contributed by atoms with E-state index in [1.807, 2.05) is 195 Å². The van der Waals surface area contributed by atoms with E-state index in [0.29, 0.717) is 5.56 Å². The fraction of sp³-hybridized carbons (Fsp3) is 0.519. The Hall–Kier alpha value is -4.67. The van der Waals surface area contributed by atoms with E-state index in [0.717, 1.165) is 70.0 Å². The summed E-state index contributed by atoms with van der Waals surface area (Å²) in [7, 11) is 0. The van der Waals surface area contributed by atoms with Crippen LogP contribution in [0.25, 0.3) is 0 Å². The number of pyridine rings is 1. The molecule has 0 fully saturated rings. The molecule has 7 rings (SSSR count). The number of H-pyrrole nitrogens is 1. The Morgan fingerprint density at radius 3 is 1.22 bits per heavy atom. The predicted molar refractivity (Wildman–Crippen MR) is 438 cm³/mol. The molecule has 0 bridgehead atoms. The number of nitro benzene ring substituents is 1. The summed E-state index contributed by atoms with van der Waals surface area (Å²) in [4.78, 5) is 17.0. The Balaban J connectivity index is -0.0000000784. The molecule has 0 atom stereocenters. The van der Waals surface area contributed by atoms with Gasteiger partial charge in [0.1, 0.15) is 0 Å². The number of aromatic amines is 1. The van der Waals surface area contributed by atoms with Crippen molar-refractivity contribution in [2.75, 3.05) is 45.3 Å². The van der Waals surface area contributed by atoms with Crippen molar-refractivity contribution in [1.29, 1.82) is 0 Å². The van der Waals surface area contributed by atoms with Crippen LogP contribution in [0.15, 0.2) is 171 Å². The van der Waals surface area contributed by atoms with Gasteiger partial charge in [0.25, 0.3) is 5.69 Å². The van der Waals surface area contributed by atoms with E-state index in [1.165, 1.54) is 56.4 Å². The van der Waals surface area contributed by atoms with Crippen LogP contribution in [0.5, 0.6) is 0 Å². The maximum absolute atomic E-state index is 10.2. The molecule has 518 valence electrons. The van der Waals surface area contributed by atoms with Gasteiger partial charge in [-0.1, -0.05) is 290 Å². The van der Waals surface area contributed by atoms with Crippen molar-refractivity contribution < 1.29 is 6.35 Å². The van der Waals surface area contributed by atoms with Crippen molar-refractivity contribution in [3.63, 3.8) is 0 Å². The highest BCUT2D eigenvalue weighted by atomic mass is 127. The Morgan fingerprint density at radius 1 is 0.506 bits per heavy atom. The molecule has 0 amide bonds. The Morgan fingerprint density at radius 2 is 0.876 bits per heavy atom.